The quantitative estimate of drug-likeness (QED) is 0.205. The van der Waals surface area contributed by atoms with Gasteiger partial charge in [-0.15, -0.1) is 11.3 Å². The van der Waals surface area contributed by atoms with Crippen molar-refractivity contribution in [3.8, 4) is 16.3 Å². The van der Waals surface area contributed by atoms with Gasteiger partial charge in [0.25, 0.3) is 0 Å². The average molecular weight is 571 g/mol. The van der Waals surface area contributed by atoms with Crippen LogP contribution in [0.2, 0.25) is 5.02 Å². The van der Waals surface area contributed by atoms with Gasteiger partial charge >= 0.3 is 12.1 Å². The van der Waals surface area contributed by atoms with Gasteiger partial charge in [0.2, 0.25) is 0 Å². The molecule has 2 heterocycles. The number of carbonyl (C=O) groups is 1. The Balaban J connectivity index is 1.37. The first-order valence-corrected chi connectivity index (χ1v) is 13.2. The molecule has 0 atom stereocenters. The van der Waals surface area contributed by atoms with Gasteiger partial charge in [-0.05, 0) is 60.5 Å². The molecule has 0 bridgehead atoms. The van der Waals surface area contributed by atoms with E-state index < -0.39 is 17.7 Å². The standard InChI is InChI=1S/C29H22ClF3N2O3S/c1-17-24(13-27(36)37)25-12-23(10-11-26(25)35(17)14-18-2-8-21(30)9-3-18)38-15-22-16-39-28(34-22)19-4-6-20(7-5-19)29(31,32)33/h2-12,16H,13-15H2,1H3,(H,36,37). The maximum atomic E-state index is 12.8. The first-order valence-electron chi connectivity index (χ1n) is 11.9. The van der Waals surface area contributed by atoms with Crippen LogP contribution in [-0.4, -0.2) is 20.6 Å². The summed E-state index contributed by atoms with van der Waals surface area (Å²) < 4.78 is 46.6. The summed E-state index contributed by atoms with van der Waals surface area (Å²) in [5, 5.41) is 13.4. The number of fused-ring (bicyclic) bond motifs is 1. The number of halogens is 4. The van der Waals surface area contributed by atoms with Crippen molar-refractivity contribution in [1.82, 2.24) is 9.55 Å². The number of carboxylic acids is 1. The van der Waals surface area contributed by atoms with Crippen molar-refractivity contribution in [2.24, 2.45) is 0 Å². The van der Waals surface area contributed by atoms with E-state index in [1.54, 1.807) is 5.38 Å². The molecule has 0 spiro atoms. The number of nitrogens with zero attached hydrogens (tertiary/aromatic N) is 2. The first kappa shape index (κ1) is 26.8. The molecule has 0 unspecified atom stereocenters. The van der Waals surface area contributed by atoms with E-state index in [1.165, 1.54) is 23.5 Å². The maximum Gasteiger partial charge on any atom is 0.416 e. The van der Waals surface area contributed by atoms with Crippen molar-refractivity contribution in [3.63, 3.8) is 0 Å². The SMILES string of the molecule is Cc1c(CC(=O)O)c2cc(OCc3csc(-c4ccc(C(F)(F)F)cc4)n3)ccc2n1Cc1ccc(Cl)cc1. The van der Waals surface area contributed by atoms with E-state index in [2.05, 4.69) is 9.55 Å². The predicted octanol–water partition coefficient (Wildman–Crippen LogP) is 8.00. The monoisotopic (exact) mass is 570 g/mol. The minimum atomic E-state index is -4.39. The number of aliphatic carboxylic acids is 1. The molecule has 5 nitrogen and oxygen atoms in total. The van der Waals surface area contributed by atoms with Gasteiger partial charge in [0.05, 0.1) is 17.7 Å². The number of carboxylic acid groups (broad SMARTS) is 1. The fourth-order valence-electron chi connectivity index (χ4n) is 4.44. The summed E-state index contributed by atoms with van der Waals surface area (Å²) in [5.41, 5.74) is 4.03. The zero-order chi connectivity index (χ0) is 27.7. The Hall–Kier alpha value is -3.82. The molecule has 0 fully saturated rings. The van der Waals surface area contributed by atoms with Crippen LogP contribution in [0.3, 0.4) is 0 Å². The highest BCUT2D eigenvalue weighted by atomic mass is 35.5. The third kappa shape index (κ3) is 5.94. The molecule has 0 radical (unpaired) electrons. The summed E-state index contributed by atoms with van der Waals surface area (Å²) in [6.45, 7) is 2.62. The molecule has 0 aliphatic heterocycles. The van der Waals surface area contributed by atoms with Crippen LogP contribution in [0, 0.1) is 6.92 Å². The van der Waals surface area contributed by atoms with E-state index in [4.69, 9.17) is 16.3 Å². The van der Waals surface area contributed by atoms with Gasteiger partial charge in [-0.1, -0.05) is 35.9 Å². The summed E-state index contributed by atoms with van der Waals surface area (Å²) in [6.07, 6.45) is -4.51. The third-order valence-corrected chi connectivity index (χ3v) is 7.60. The van der Waals surface area contributed by atoms with E-state index in [1.807, 2.05) is 49.4 Å². The van der Waals surface area contributed by atoms with E-state index in [0.717, 1.165) is 39.9 Å². The van der Waals surface area contributed by atoms with Gasteiger partial charge in [-0.2, -0.15) is 13.2 Å². The van der Waals surface area contributed by atoms with Crippen LogP contribution in [0.4, 0.5) is 13.2 Å². The third-order valence-electron chi connectivity index (χ3n) is 6.41. The summed E-state index contributed by atoms with van der Waals surface area (Å²) in [7, 11) is 0. The van der Waals surface area contributed by atoms with Crippen LogP contribution in [0.1, 0.15) is 28.1 Å². The van der Waals surface area contributed by atoms with E-state index in [9.17, 15) is 23.1 Å². The van der Waals surface area contributed by atoms with Gasteiger partial charge in [0.15, 0.2) is 0 Å². The van der Waals surface area contributed by atoms with Gasteiger partial charge < -0.3 is 14.4 Å². The van der Waals surface area contributed by atoms with Crippen LogP contribution in [-0.2, 0) is 30.5 Å². The molecule has 3 aromatic carbocycles. The van der Waals surface area contributed by atoms with Crippen molar-refractivity contribution < 1.29 is 27.8 Å². The summed E-state index contributed by atoms with van der Waals surface area (Å²) in [4.78, 5) is 16.1. The Bertz CT molecular complexity index is 1640. The number of rotatable bonds is 8. The molecule has 5 rings (SSSR count). The van der Waals surface area contributed by atoms with Gasteiger partial charge in [0, 0.05) is 39.1 Å². The number of thiazole rings is 1. The first-order chi connectivity index (χ1) is 18.6. The molecule has 10 heteroatoms. The lowest BCUT2D eigenvalue weighted by atomic mass is 10.1. The normalized spacial score (nSPS) is 11.7. The number of alkyl halides is 3. The molecule has 2 aromatic heterocycles. The zero-order valence-electron chi connectivity index (χ0n) is 20.6. The minimum Gasteiger partial charge on any atom is -0.487 e. The summed E-state index contributed by atoms with van der Waals surface area (Å²) in [6, 6.07) is 18.0. The highest BCUT2D eigenvalue weighted by Gasteiger charge is 2.30. The molecule has 0 amide bonds. The highest BCUT2D eigenvalue weighted by Crippen LogP contribution is 2.33. The van der Waals surface area contributed by atoms with Crippen molar-refractivity contribution in [1.29, 1.82) is 0 Å². The topological polar surface area (TPSA) is 64.3 Å². The predicted molar refractivity (Wildman–Crippen MR) is 145 cm³/mol. The summed E-state index contributed by atoms with van der Waals surface area (Å²) >= 11 is 7.34. The van der Waals surface area contributed by atoms with Crippen molar-refractivity contribution >= 4 is 39.8 Å². The van der Waals surface area contributed by atoms with E-state index in [-0.39, 0.29) is 13.0 Å². The molecule has 0 aliphatic rings. The molecular weight excluding hydrogens is 549 g/mol. The van der Waals surface area contributed by atoms with Crippen LogP contribution in [0.25, 0.3) is 21.5 Å². The second-order valence-electron chi connectivity index (χ2n) is 9.03. The Morgan fingerprint density at radius 1 is 1.08 bits per heavy atom. The summed E-state index contributed by atoms with van der Waals surface area (Å²) in [5.74, 6) is -0.366. The fourth-order valence-corrected chi connectivity index (χ4v) is 5.37. The number of hydrogen-bond donors (Lipinski definition) is 1. The number of benzene rings is 3. The van der Waals surface area contributed by atoms with Crippen molar-refractivity contribution in [3.05, 3.63) is 105 Å². The van der Waals surface area contributed by atoms with Crippen LogP contribution >= 0.6 is 22.9 Å². The maximum absolute atomic E-state index is 12.8. The molecule has 39 heavy (non-hydrogen) atoms. The zero-order valence-corrected chi connectivity index (χ0v) is 22.2. The molecule has 0 saturated carbocycles. The largest absolute Gasteiger partial charge is 0.487 e. The minimum absolute atomic E-state index is 0.123. The van der Waals surface area contributed by atoms with Gasteiger partial charge in [-0.25, -0.2) is 4.98 Å². The highest BCUT2D eigenvalue weighted by molar-refractivity contribution is 7.13. The molecular formula is C29H22ClF3N2O3S. The smallest absolute Gasteiger partial charge is 0.416 e. The number of aromatic nitrogens is 2. The Morgan fingerprint density at radius 3 is 2.46 bits per heavy atom. The number of ether oxygens (including phenoxy) is 1. The molecule has 200 valence electrons. The second-order valence-corrected chi connectivity index (χ2v) is 10.3. The lowest BCUT2D eigenvalue weighted by Crippen LogP contribution is -2.05. The van der Waals surface area contributed by atoms with Gasteiger partial charge in [0.1, 0.15) is 17.4 Å². The van der Waals surface area contributed by atoms with Gasteiger partial charge in [-0.3, -0.25) is 4.79 Å². The average Bonchev–Trinajstić information content (AvgIpc) is 3.47. The second kappa shape index (κ2) is 10.7. The molecule has 5 aromatic rings. The number of hydrogen-bond acceptors (Lipinski definition) is 4. The molecule has 1 N–H and O–H groups in total. The Kier molecular flexibility index (Phi) is 7.38. The lowest BCUT2D eigenvalue weighted by Gasteiger charge is -2.10. The fraction of sp³-hybridized carbons (Fsp3) is 0.172. The van der Waals surface area contributed by atoms with Crippen molar-refractivity contribution in [2.75, 3.05) is 0 Å². The Morgan fingerprint density at radius 2 is 1.79 bits per heavy atom. The molecule has 0 aliphatic carbocycles. The lowest BCUT2D eigenvalue weighted by molar-refractivity contribution is -0.138. The van der Waals surface area contributed by atoms with Crippen LogP contribution in [0.15, 0.2) is 72.1 Å². The Labute approximate surface area is 231 Å². The van der Waals surface area contributed by atoms with Crippen LogP contribution < -0.4 is 4.74 Å². The van der Waals surface area contributed by atoms with Crippen molar-refractivity contribution in [2.45, 2.75) is 32.7 Å². The van der Waals surface area contributed by atoms with Crippen LogP contribution in [0.5, 0.6) is 5.75 Å². The van der Waals surface area contributed by atoms with E-state index in [0.29, 0.717) is 33.6 Å². The molecule has 0 saturated heterocycles. The van der Waals surface area contributed by atoms with E-state index >= 15 is 0 Å².